The van der Waals surface area contributed by atoms with E-state index >= 15 is 0 Å². The molecule has 1 aliphatic carbocycles. The molecule has 1 heterocycles. The second-order valence-electron chi connectivity index (χ2n) is 7.97. The predicted molar refractivity (Wildman–Crippen MR) is 91.6 cm³/mol. The lowest BCUT2D eigenvalue weighted by Crippen LogP contribution is -2.41. The quantitative estimate of drug-likeness (QED) is 0.783. The monoisotopic (exact) mass is 351 g/mol. The summed E-state index contributed by atoms with van der Waals surface area (Å²) in [6.45, 7) is 7.40. The Bertz CT molecular complexity index is 688. The molecule has 1 aliphatic heterocycles. The van der Waals surface area contributed by atoms with Gasteiger partial charge in [0.1, 0.15) is 11.6 Å². The summed E-state index contributed by atoms with van der Waals surface area (Å²) in [5, 5.41) is 0. The highest BCUT2D eigenvalue weighted by molar-refractivity contribution is 6.62. The molecule has 1 aromatic rings. The maximum absolute atomic E-state index is 14.6. The molecule has 2 aliphatic rings. The van der Waals surface area contributed by atoms with Crippen molar-refractivity contribution in [2.24, 2.45) is 0 Å². The van der Waals surface area contributed by atoms with E-state index in [9.17, 15) is 13.6 Å². The van der Waals surface area contributed by atoms with Gasteiger partial charge in [-0.15, -0.1) is 0 Å². The first-order valence-corrected chi connectivity index (χ1v) is 8.61. The third kappa shape index (κ3) is 3.44. The van der Waals surface area contributed by atoms with E-state index in [0.29, 0.717) is 0 Å². The number of rotatable bonds is 4. The van der Waals surface area contributed by atoms with Gasteiger partial charge in [0.25, 0.3) is 0 Å². The number of carbonyl (C=O) groups excluding carboxylic acids is 1. The lowest BCUT2D eigenvalue weighted by Gasteiger charge is -2.32. The summed E-state index contributed by atoms with van der Waals surface area (Å²) in [6.07, 6.45) is 1.79. The Labute approximate surface area is 147 Å². The van der Waals surface area contributed by atoms with Gasteiger partial charge < -0.3 is 14.2 Å². The zero-order chi connectivity index (χ0) is 18.6. The minimum Gasteiger partial charge on any atom is -0.399 e. The molecule has 2 fully saturated rings. The number of likely N-dealkylation sites (N-methyl/N-ethyl adjacent to an activating group) is 1. The first kappa shape index (κ1) is 18.3. The zero-order valence-electron chi connectivity index (χ0n) is 15.4. The Kier molecular flexibility index (Phi) is 4.44. The number of amides is 1. The second-order valence-corrected chi connectivity index (χ2v) is 7.97. The zero-order valence-corrected chi connectivity index (χ0v) is 15.4. The molecule has 4 nitrogen and oxygen atoms in total. The summed E-state index contributed by atoms with van der Waals surface area (Å²) in [6, 6.07) is 2.40. The average Bonchev–Trinajstić information content (AvgIpc) is 3.29. The van der Waals surface area contributed by atoms with Crippen LogP contribution in [0, 0.1) is 11.6 Å². The summed E-state index contributed by atoms with van der Waals surface area (Å²) in [7, 11) is 0.728. The van der Waals surface area contributed by atoms with Gasteiger partial charge in [-0.05, 0) is 58.2 Å². The van der Waals surface area contributed by atoms with E-state index in [4.69, 9.17) is 9.31 Å². The smallest absolute Gasteiger partial charge is 0.399 e. The van der Waals surface area contributed by atoms with Crippen LogP contribution in [0.1, 0.15) is 46.1 Å². The topological polar surface area (TPSA) is 38.8 Å². The minimum atomic E-state index is -0.974. The van der Waals surface area contributed by atoms with Gasteiger partial charge in [0.05, 0.1) is 17.6 Å². The molecule has 0 N–H and O–H groups in total. The molecule has 0 radical (unpaired) electrons. The average molecular weight is 351 g/mol. The van der Waals surface area contributed by atoms with Crippen LogP contribution in [0.5, 0.6) is 0 Å². The SMILES string of the molecule is CN(C(=O)Cc1cc(F)c(B2OC(C)(C)C(C)(C)O2)cc1F)C1CC1. The van der Waals surface area contributed by atoms with E-state index in [2.05, 4.69) is 0 Å². The molecule has 0 atom stereocenters. The van der Waals surface area contributed by atoms with Crippen molar-refractivity contribution in [2.75, 3.05) is 7.05 Å². The highest BCUT2D eigenvalue weighted by Crippen LogP contribution is 2.36. The van der Waals surface area contributed by atoms with Crippen LogP contribution in [-0.2, 0) is 20.5 Å². The maximum Gasteiger partial charge on any atom is 0.497 e. The van der Waals surface area contributed by atoms with Gasteiger partial charge in [-0.25, -0.2) is 8.78 Å². The molecule has 1 saturated carbocycles. The fraction of sp³-hybridized carbons (Fsp3) is 0.611. The first-order valence-electron chi connectivity index (χ1n) is 8.61. The van der Waals surface area contributed by atoms with Gasteiger partial charge in [-0.2, -0.15) is 0 Å². The molecule has 3 rings (SSSR count). The van der Waals surface area contributed by atoms with Gasteiger partial charge in [0, 0.05) is 18.6 Å². The van der Waals surface area contributed by atoms with Crippen molar-refractivity contribution in [3.63, 3.8) is 0 Å². The lowest BCUT2D eigenvalue weighted by molar-refractivity contribution is -0.129. The van der Waals surface area contributed by atoms with Crippen LogP contribution in [0.25, 0.3) is 0 Å². The number of carbonyl (C=O) groups is 1. The van der Waals surface area contributed by atoms with Crippen molar-refractivity contribution >= 4 is 18.5 Å². The third-order valence-electron chi connectivity index (χ3n) is 5.50. The van der Waals surface area contributed by atoms with Crippen LogP contribution in [0.2, 0.25) is 0 Å². The normalized spacial score (nSPS) is 21.5. The van der Waals surface area contributed by atoms with Crippen molar-refractivity contribution < 1.29 is 22.9 Å². The van der Waals surface area contributed by atoms with E-state index in [1.165, 1.54) is 0 Å². The van der Waals surface area contributed by atoms with Gasteiger partial charge >= 0.3 is 7.12 Å². The Morgan fingerprint density at radius 1 is 1.16 bits per heavy atom. The molecule has 0 aromatic heterocycles. The molecule has 0 bridgehead atoms. The van der Waals surface area contributed by atoms with Gasteiger partial charge in [0.2, 0.25) is 5.91 Å². The van der Waals surface area contributed by atoms with E-state index < -0.39 is 30.0 Å². The Hall–Kier alpha value is -1.47. The van der Waals surface area contributed by atoms with E-state index in [-0.39, 0.29) is 29.4 Å². The highest BCUT2D eigenvalue weighted by Gasteiger charge is 2.52. The van der Waals surface area contributed by atoms with E-state index in [0.717, 1.165) is 25.0 Å². The number of hydrogen-bond acceptors (Lipinski definition) is 3. The molecule has 1 saturated heterocycles. The van der Waals surface area contributed by atoms with Gasteiger partial charge in [0.15, 0.2) is 0 Å². The van der Waals surface area contributed by atoms with E-state index in [1.54, 1.807) is 11.9 Å². The van der Waals surface area contributed by atoms with Crippen molar-refractivity contribution in [2.45, 2.75) is 64.2 Å². The number of halogens is 2. The van der Waals surface area contributed by atoms with Gasteiger partial charge in [-0.1, -0.05) is 0 Å². The molecule has 1 amide bonds. The number of benzene rings is 1. The fourth-order valence-corrected chi connectivity index (χ4v) is 2.84. The largest absolute Gasteiger partial charge is 0.497 e. The molecule has 0 unspecified atom stereocenters. The molecule has 136 valence electrons. The Balaban J connectivity index is 1.80. The number of hydrogen-bond donors (Lipinski definition) is 0. The van der Waals surface area contributed by atoms with Crippen molar-refractivity contribution in [3.8, 4) is 0 Å². The standard InChI is InChI=1S/C18H24BF2NO3/c1-17(2)18(3,4)25-19(24-17)13-10-14(20)11(8-15(13)21)9-16(23)22(5)12-6-7-12/h8,10,12H,6-7,9H2,1-5H3. The van der Waals surface area contributed by atoms with Crippen molar-refractivity contribution in [1.29, 1.82) is 0 Å². The van der Waals surface area contributed by atoms with Crippen LogP contribution < -0.4 is 5.46 Å². The summed E-state index contributed by atoms with van der Waals surface area (Å²) >= 11 is 0. The van der Waals surface area contributed by atoms with Crippen molar-refractivity contribution in [1.82, 2.24) is 4.90 Å². The van der Waals surface area contributed by atoms with Crippen LogP contribution >= 0.6 is 0 Å². The number of nitrogens with zero attached hydrogens (tertiary/aromatic N) is 1. The molecule has 0 spiro atoms. The second kappa shape index (κ2) is 6.06. The lowest BCUT2D eigenvalue weighted by atomic mass is 9.78. The van der Waals surface area contributed by atoms with E-state index in [1.807, 2.05) is 27.7 Å². The minimum absolute atomic E-state index is 0.0166. The summed E-state index contributed by atoms with van der Waals surface area (Å²) in [5.41, 5.74) is -1.21. The summed E-state index contributed by atoms with van der Waals surface area (Å²) in [4.78, 5) is 13.8. The van der Waals surface area contributed by atoms with Crippen LogP contribution in [0.3, 0.4) is 0 Å². The van der Waals surface area contributed by atoms with Crippen LogP contribution in [0.15, 0.2) is 12.1 Å². The molecular weight excluding hydrogens is 327 g/mol. The summed E-state index contributed by atoms with van der Waals surface area (Å²) in [5.74, 6) is -1.45. The van der Waals surface area contributed by atoms with Crippen LogP contribution in [-0.4, -0.2) is 42.2 Å². The predicted octanol–water partition coefficient (Wildman–Crippen LogP) is 2.43. The molecular formula is C18H24BF2NO3. The Morgan fingerprint density at radius 3 is 2.24 bits per heavy atom. The fourth-order valence-electron chi connectivity index (χ4n) is 2.84. The molecule has 25 heavy (non-hydrogen) atoms. The third-order valence-corrected chi connectivity index (χ3v) is 5.50. The highest BCUT2D eigenvalue weighted by atomic mass is 19.1. The summed E-state index contributed by atoms with van der Waals surface area (Å²) < 4.78 is 40.6. The van der Waals surface area contributed by atoms with Crippen molar-refractivity contribution in [3.05, 3.63) is 29.3 Å². The maximum atomic E-state index is 14.6. The molecule has 1 aromatic carbocycles. The van der Waals surface area contributed by atoms with Crippen LogP contribution in [0.4, 0.5) is 8.78 Å². The molecule has 7 heteroatoms. The first-order chi connectivity index (χ1) is 11.5. The van der Waals surface area contributed by atoms with Gasteiger partial charge in [-0.3, -0.25) is 4.79 Å². The Morgan fingerprint density at radius 2 is 1.72 bits per heavy atom.